The summed E-state index contributed by atoms with van der Waals surface area (Å²) in [6.07, 6.45) is 0.401. The smallest absolute Gasteiger partial charge is 0.273 e. The number of aromatic nitrogens is 1. The third-order valence-electron chi connectivity index (χ3n) is 3.60. The van der Waals surface area contributed by atoms with Crippen molar-refractivity contribution in [1.29, 1.82) is 0 Å². The molecule has 0 aliphatic heterocycles. The predicted octanol–water partition coefficient (Wildman–Crippen LogP) is 4.53. The van der Waals surface area contributed by atoms with E-state index in [2.05, 4.69) is 31.5 Å². The van der Waals surface area contributed by atoms with E-state index < -0.39 is 0 Å². The SMILES string of the molecule is CCC(=O)Nc1cccc(NC(=O)c2[nH]c3ccccc3c2Br)c1. The van der Waals surface area contributed by atoms with E-state index >= 15 is 0 Å². The fourth-order valence-corrected chi connectivity index (χ4v) is 3.01. The van der Waals surface area contributed by atoms with Crippen LogP contribution in [0.2, 0.25) is 0 Å². The molecule has 6 heteroatoms. The number of hydrogen-bond donors (Lipinski definition) is 3. The number of H-pyrrole nitrogens is 1. The number of halogens is 1. The third-order valence-corrected chi connectivity index (χ3v) is 4.42. The molecule has 3 aromatic rings. The molecule has 0 spiro atoms. The molecule has 1 aromatic heterocycles. The number of aromatic amines is 1. The Bertz CT molecular complexity index is 918. The minimum absolute atomic E-state index is 0.0724. The van der Waals surface area contributed by atoms with Gasteiger partial charge in [-0.15, -0.1) is 0 Å². The summed E-state index contributed by atoms with van der Waals surface area (Å²) in [6.45, 7) is 1.79. The van der Waals surface area contributed by atoms with Crippen molar-refractivity contribution in [2.24, 2.45) is 0 Å². The summed E-state index contributed by atoms with van der Waals surface area (Å²) in [7, 11) is 0. The summed E-state index contributed by atoms with van der Waals surface area (Å²) in [5, 5.41) is 6.56. The van der Waals surface area contributed by atoms with Crippen molar-refractivity contribution >= 4 is 50.0 Å². The fraction of sp³-hybridized carbons (Fsp3) is 0.111. The molecule has 5 nitrogen and oxygen atoms in total. The maximum absolute atomic E-state index is 12.5. The van der Waals surface area contributed by atoms with Crippen LogP contribution < -0.4 is 10.6 Å². The molecule has 0 saturated carbocycles. The zero-order valence-corrected chi connectivity index (χ0v) is 14.6. The maximum Gasteiger partial charge on any atom is 0.273 e. The number of carbonyl (C=O) groups excluding carboxylic acids is 2. The minimum Gasteiger partial charge on any atom is -0.350 e. The molecule has 24 heavy (non-hydrogen) atoms. The lowest BCUT2D eigenvalue weighted by Crippen LogP contribution is -2.14. The van der Waals surface area contributed by atoms with Gasteiger partial charge < -0.3 is 15.6 Å². The first kappa shape index (κ1) is 16.3. The number of benzene rings is 2. The molecule has 2 amide bonds. The van der Waals surface area contributed by atoms with E-state index in [9.17, 15) is 9.59 Å². The number of anilines is 2. The molecule has 3 N–H and O–H groups in total. The standard InChI is InChI=1S/C18H16BrN3O2/c1-2-15(23)20-11-6-5-7-12(10-11)21-18(24)17-16(19)13-8-3-4-9-14(13)22-17/h3-10,22H,2H2,1H3,(H,20,23)(H,21,24). The van der Waals surface area contributed by atoms with Crippen LogP contribution in [0.15, 0.2) is 53.0 Å². The Morgan fingerprint density at radius 2 is 1.75 bits per heavy atom. The Morgan fingerprint density at radius 3 is 2.46 bits per heavy atom. The zero-order chi connectivity index (χ0) is 17.1. The molecule has 0 saturated heterocycles. The molecule has 0 atom stereocenters. The highest BCUT2D eigenvalue weighted by Crippen LogP contribution is 2.28. The highest BCUT2D eigenvalue weighted by atomic mass is 79.9. The van der Waals surface area contributed by atoms with Crippen molar-refractivity contribution in [2.45, 2.75) is 13.3 Å². The number of amides is 2. The Hall–Kier alpha value is -2.60. The van der Waals surface area contributed by atoms with Crippen molar-refractivity contribution in [1.82, 2.24) is 4.98 Å². The number of para-hydroxylation sites is 1. The summed E-state index contributed by atoms with van der Waals surface area (Å²) in [6, 6.07) is 14.7. The maximum atomic E-state index is 12.5. The van der Waals surface area contributed by atoms with E-state index in [0.29, 0.717) is 23.5 Å². The average molecular weight is 386 g/mol. The molecule has 0 bridgehead atoms. The third kappa shape index (κ3) is 3.33. The number of fused-ring (bicyclic) bond motifs is 1. The molecule has 0 unspecified atom stereocenters. The lowest BCUT2D eigenvalue weighted by Gasteiger charge is -2.08. The van der Waals surface area contributed by atoms with Crippen LogP contribution in [0.3, 0.4) is 0 Å². The first-order chi connectivity index (χ1) is 11.6. The summed E-state index contributed by atoms with van der Waals surface area (Å²) >= 11 is 3.47. The molecule has 0 radical (unpaired) electrons. The minimum atomic E-state index is -0.253. The molecule has 0 aliphatic carbocycles. The van der Waals surface area contributed by atoms with Gasteiger partial charge in [-0.25, -0.2) is 0 Å². The summed E-state index contributed by atoms with van der Waals surface area (Å²) in [5.74, 6) is -0.325. The van der Waals surface area contributed by atoms with E-state index in [1.165, 1.54) is 0 Å². The molecule has 1 heterocycles. The van der Waals surface area contributed by atoms with Crippen molar-refractivity contribution < 1.29 is 9.59 Å². The normalized spacial score (nSPS) is 10.6. The predicted molar refractivity (Wildman–Crippen MR) is 99.3 cm³/mol. The van der Waals surface area contributed by atoms with E-state index in [-0.39, 0.29) is 11.8 Å². The highest BCUT2D eigenvalue weighted by molar-refractivity contribution is 9.10. The second kappa shape index (κ2) is 6.88. The fourth-order valence-electron chi connectivity index (χ4n) is 2.38. The monoisotopic (exact) mass is 385 g/mol. The zero-order valence-electron chi connectivity index (χ0n) is 13.0. The molecule has 122 valence electrons. The number of carbonyl (C=O) groups is 2. The van der Waals surface area contributed by atoms with E-state index in [1.807, 2.05) is 24.3 Å². The largest absolute Gasteiger partial charge is 0.350 e. The van der Waals surface area contributed by atoms with Gasteiger partial charge in [0, 0.05) is 28.7 Å². The molecule has 0 fully saturated rings. The van der Waals surface area contributed by atoms with Gasteiger partial charge in [-0.05, 0) is 40.2 Å². The number of nitrogens with one attached hydrogen (secondary N) is 3. The average Bonchev–Trinajstić information content (AvgIpc) is 2.92. The van der Waals surface area contributed by atoms with E-state index in [1.54, 1.807) is 31.2 Å². The molecule has 3 rings (SSSR count). The van der Waals surface area contributed by atoms with Crippen LogP contribution in [0.25, 0.3) is 10.9 Å². The van der Waals surface area contributed by atoms with Gasteiger partial charge in [0.05, 0.1) is 4.47 Å². The summed E-state index contributed by atoms with van der Waals surface area (Å²) in [5.41, 5.74) is 2.60. The van der Waals surface area contributed by atoms with Gasteiger partial charge in [-0.2, -0.15) is 0 Å². The quantitative estimate of drug-likeness (QED) is 0.616. The summed E-state index contributed by atoms with van der Waals surface area (Å²) < 4.78 is 0.728. The van der Waals surface area contributed by atoms with Gasteiger partial charge in [0.25, 0.3) is 5.91 Å². The lowest BCUT2D eigenvalue weighted by atomic mass is 10.2. The first-order valence-corrected chi connectivity index (χ1v) is 8.35. The van der Waals surface area contributed by atoms with Crippen LogP contribution in [-0.2, 0) is 4.79 Å². The van der Waals surface area contributed by atoms with Crippen LogP contribution in [0.4, 0.5) is 11.4 Å². The van der Waals surface area contributed by atoms with Gasteiger partial charge in [0.2, 0.25) is 5.91 Å². The topological polar surface area (TPSA) is 74.0 Å². The molecular weight excluding hydrogens is 370 g/mol. The second-order valence-corrected chi connectivity index (χ2v) is 6.09. The van der Waals surface area contributed by atoms with Crippen LogP contribution in [0, 0.1) is 0 Å². The van der Waals surface area contributed by atoms with Gasteiger partial charge >= 0.3 is 0 Å². The summed E-state index contributed by atoms with van der Waals surface area (Å²) in [4.78, 5) is 27.1. The highest BCUT2D eigenvalue weighted by Gasteiger charge is 2.16. The Morgan fingerprint density at radius 1 is 1.04 bits per heavy atom. The Balaban J connectivity index is 1.82. The lowest BCUT2D eigenvalue weighted by molar-refractivity contribution is -0.115. The Kier molecular flexibility index (Phi) is 4.66. The van der Waals surface area contributed by atoms with Gasteiger partial charge in [0.1, 0.15) is 5.69 Å². The number of hydrogen-bond acceptors (Lipinski definition) is 2. The molecule has 0 aliphatic rings. The van der Waals surface area contributed by atoms with Crippen molar-refractivity contribution in [3.8, 4) is 0 Å². The van der Waals surface area contributed by atoms with Crippen molar-refractivity contribution in [3.63, 3.8) is 0 Å². The van der Waals surface area contributed by atoms with Crippen LogP contribution >= 0.6 is 15.9 Å². The van der Waals surface area contributed by atoms with Gasteiger partial charge in [-0.1, -0.05) is 31.2 Å². The van der Waals surface area contributed by atoms with Gasteiger partial charge in [0.15, 0.2) is 0 Å². The van der Waals surface area contributed by atoms with E-state index in [0.717, 1.165) is 15.4 Å². The van der Waals surface area contributed by atoms with Crippen molar-refractivity contribution in [3.05, 3.63) is 58.7 Å². The van der Waals surface area contributed by atoms with Crippen LogP contribution in [-0.4, -0.2) is 16.8 Å². The Labute approximate surface area is 147 Å². The molecule has 2 aromatic carbocycles. The van der Waals surface area contributed by atoms with Gasteiger partial charge in [-0.3, -0.25) is 9.59 Å². The second-order valence-electron chi connectivity index (χ2n) is 5.30. The van der Waals surface area contributed by atoms with Crippen LogP contribution in [0.5, 0.6) is 0 Å². The first-order valence-electron chi connectivity index (χ1n) is 7.56. The number of rotatable bonds is 4. The van der Waals surface area contributed by atoms with Crippen molar-refractivity contribution in [2.75, 3.05) is 10.6 Å². The molecular formula is C18H16BrN3O2. The van der Waals surface area contributed by atoms with Crippen LogP contribution in [0.1, 0.15) is 23.8 Å². The van der Waals surface area contributed by atoms with E-state index in [4.69, 9.17) is 0 Å².